The lowest BCUT2D eigenvalue weighted by molar-refractivity contribution is -0.126. The molecule has 0 aromatic rings. The van der Waals surface area contributed by atoms with Gasteiger partial charge in [-0.1, -0.05) is 193 Å². The fraction of sp³-hybridized carbons (Fsp3) is 0.971. The number of carbonyl (C=O) groups excluding carboxylic acids is 1. The first kappa shape index (κ1) is 38.8. The second-order valence-electron chi connectivity index (χ2n) is 12.4. The Morgan fingerprint density at radius 1 is 0.410 bits per heavy atom. The van der Waals surface area contributed by atoms with Gasteiger partial charge in [0.25, 0.3) is 0 Å². The molecule has 0 rings (SSSR count). The molecule has 234 valence electrons. The molecule has 0 aromatic heterocycles. The monoisotopic (exact) mass is 570 g/mol. The molecule has 1 unspecified atom stereocenters. The average Bonchev–Trinajstić information content (AvgIpc) is 2.93. The van der Waals surface area contributed by atoms with E-state index in [1.807, 2.05) is 0 Å². The van der Waals surface area contributed by atoms with E-state index < -0.39 is 12.0 Å². The number of carbonyl (C=O) groups is 1. The normalized spacial score (nSPS) is 12.3. The molecule has 0 heterocycles. The van der Waals surface area contributed by atoms with Gasteiger partial charge in [-0.15, -0.1) is 0 Å². The first-order valence-electron chi connectivity index (χ1n) is 17.8. The number of amides is 1. The number of nitrogens with two attached hydrogens (primary N) is 1. The van der Waals surface area contributed by atoms with E-state index in [1.54, 1.807) is 0 Å². The molecule has 0 aliphatic rings. The maximum Gasteiger partial charge on any atom is 0.246 e. The molecule has 1 amide bonds. The summed E-state index contributed by atoms with van der Waals surface area (Å²) in [5.41, 5.74) is 5.06. The number of thiol groups is 1. The van der Waals surface area contributed by atoms with E-state index in [9.17, 15) is 9.90 Å². The van der Waals surface area contributed by atoms with Gasteiger partial charge in [-0.25, -0.2) is 0 Å². The molecule has 4 heteroatoms. The van der Waals surface area contributed by atoms with Gasteiger partial charge in [0.1, 0.15) is 6.10 Å². The van der Waals surface area contributed by atoms with Crippen LogP contribution in [0.4, 0.5) is 0 Å². The highest BCUT2D eigenvalue weighted by atomic mass is 32.1. The Hall–Kier alpha value is -0.220. The van der Waals surface area contributed by atoms with Gasteiger partial charge < -0.3 is 10.8 Å². The number of hydrogen-bond acceptors (Lipinski definition) is 3. The van der Waals surface area contributed by atoms with Crippen molar-refractivity contribution < 1.29 is 9.90 Å². The minimum Gasteiger partial charge on any atom is -0.383 e. The predicted molar refractivity (Wildman–Crippen MR) is 177 cm³/mol. The summed E-state index contributed by atoms with van der Waals surface area (Å²) >= 11 is 4.28. The third kappa shape index (κ3) is 33.9. The summed E-state index contributed by atoms with van der Waals surface area (Å²) in [6.07, 6.45) is 42.8. The fourth-order valence-electron chi connectivity index (χ4n) is 5.72. The number of hydrogen-bond donors (Lipinski definition) is 3. The predicted octanol–water partition coefficient (Wildman–Crippen LogP) is 11.2. The van der Waals surface area contributed by atoms with Gasteiger partial charge >= 0.3 is 0 Å². The van der Waals surface area contributed by atoms with Crippen LogP contribution in [0.2, 0.25) is 0 Å². The summed E-state index contributed by atoms with van der Waals surface area (Å²) in [6, 6.07) is 0. The second kappa shape index (κ2) is 34.0. The molecule has 39 heavy (non-hydrogen) atoms. The number of aliphatic hydroxyl groups excluding tert-OH is 1. The Morgan fingerprint density at radius 3 is 0.769 bits per heavy atom. The Balaban J connectivity index is 3.05. The summed E-state index contributed by atoms with van der Waals surface area (Å²) in [5.74, 6) is 0.471. The van der Waals surface area contributed by atoms with Crippen molar-refractivity contribution in [2.45, 2.75) is 212 Å². The summed E-state index contributed by atoms with van der Waals surface area (Å²) < 4.78 is 0. The SMILES string of the molecule is NC(=O)C(O)CCCCCCCCCCCCCCCCCCCCCCCCCCCCCCCCCS. The first-order chi connectivity index (χ1) is 19.2. The van der Waals surface area contributed by atoms with Crippen LogP contribution in [0.15, 0.2) is 0 Å². The van der Waals surface area contributed by atoms with E-state index >= 15 is 0 Å². The van der Waals surface area contributed by atoms with E-state index in [-0.39, 0.29) is 0 Å². The minimum absolute atomic E-state index is 0.522. The average molecular weight is 570 g/mol. The zero-order chi connectivity index (χ0) is 28.5. The summed E-state index contributed by atoms with van der Waals surface area (Å²) in [4.78, 5) is 10.8. The summed E-state index contributed by atoms with van der Waals surface area (Å²) in [5, 5.41) is 9.36. The quantitative estimate of drug-likeness (QED) is 0.0533. The summed E-state index contributed by atoms with van der Waals surface area (Å²) in [6.45, 7) is 0. The van der Waals surface area contributed by atoms with Gasteiger partial charge in [0.15, 0.2) is 0 Å². The second-order valence-corrected chi connectivity index (χ2v) is 12.8. The molecule has 3 N–H and O–H groups in total. The maximum atomic E-state index is 10.8. The molecule has 0 saturated carbocycles. The van der Waals surface area contributed by atoms with E-state index in [0.717, 1.165) is 18.6 Å². The highest BCUT2D eigenvalue weighted by molar-refractivity contribution is 7.80. The van der Waals surface area contributed by atoms with Crippen molar-refractivity contribution in [2.24, 2.45) is 5.73 Å². The molecule has 0 aliphatic heterocycles. The fourth-order valence-corrected chi connectivity index (χ4v) is 5.94. The van der Waals surface area contributed by atoms with Crippen molar-refractivity contribution in [3.05, 3.63) is 0 Å². The third-order valence-electron chi connectivity index (χ3n) is 8.46. The van der Waals surface area contributed by atoms with Gasteiger partial charge in [-0.2, -0.15) is 12.6 Å². The van der Waals surface area contributed by atoms with Crippen LogP contribution in [0.1, 0.15) is 205 Å². The maximum absolute atomic E-state index is 10.8. The largest absolute Gasteiger partial charge is 0.383 e. The van der Waals surface area contributed by atoms with Crippen molar-refractivity contribution in [1.82, 2.24) is 0 Å². The van der Waals surface area contributed by atoms with Crippen molar-refractivity contribution in [2.75, 3.05) is 5.75 Å². The molecule has 0 radical (unpaired) electrons. The molecule has 0 saturated heterocycles. The molecule has 0 aliphatic carbocycles. The van der Waals surface area contributed by atoms with Crippen molar-refractivity contribution >= 4 is 18.5 Å². The van der Waals surface area contributed by atoms with Gasteiger partial charge in [0.2, 0.25) is 5.91 Å². The van der Waals surface area contributed by atoms with Gasteiger partial charge in [0, 0.05) is 0 Å². The smallest absolute Gasteiger partial charge is 0.246 e. The van der Waals surface area contributed by atoms with Crippen LogP contribution in [-0.2, 0) is 4.79 Å². The zero-order valence-corrected chi connectivity index (χ0v) is 27.2. The van der Waals surface area contributed by atoms with E-state index in [2.05, 4.69) is 12.6 Å². The number of unbranched alkanes of at least 4 members (excludes halogenated alkanes) is 30. The van der Waals surface area contributed by atoms with Crippen LogP contribution in [0.3, 0.4) is 0 Å². The third-order valence-corrected chi connectivity index (χ3v) is 8.78. The van der Waals surface area contributed by atoms with Crippen LogP contribution in [0.25, 0.3) is 0 Å². The lowest BCUT2D eigenvalue weighted by Crippen LogP contribution is -2.27. The van der Waals surface area contributed by atoms with Gasteiger partial charge in [0.05, 0.1) is 0 Å². The van der Waals surface area contributed by atoms with Crippen LogP contribution < -0.4 is 5.73 Å². The molecule has 0 bridgehead atoms. The Morgan fingerprint density at radius 2 is 0.590 bits per heavy atom. The van der Waals surface area contributed by atoms with Crippen LogP contribution >= 0.6 is 12.6 Å². The van der Waals surface area contributed by atoms with Crippen LogP contribution in [-0.4, -0.2) is 22.9 Å². The van der Waals surface area contributed by atoms with Crippen molar-refractivity contribution in [3.8, 4) is 0 Å². The topological polar surface area (TPSA) is 63.3 Å². The lowest BCUT2D eigenvalue weighted by atomic mass is 10.0. The van der Waals surface area contributed by atoms with Crippen LogP contribution in [0.5, 0.6) is 0 Å². The standard InChI is InChI=1S/C35H71NO2S/c36-35(38)34(37)32-30-28-26-24-22-20-18-16-14-12-10-8-6-4-2-1-3-5-7-9-11-13-15-17-19-21-23-25-27-29-31-33-39/h34,37,39H,1-33H2,(H2,36,38). The molecular weight excluding hydrogens is 498 g/mol. The Labute approximate surface area is 251 Å². The molecule has 3 nitrogen and oxygen atoms in total. The number of primary amides is 1. The van der Waals surface area contributed by atoms with Crippen molar-refractivity contribution in [3.63, 3.8) is 0 Å². The van der Waals surface area contributed by atoms with E-state index in [0.29, 0.717) is 6.42 Å². The highest BCUT2D eigenvalue weighted by Gasteiger charge is 2.09. The Bertz CT molecular complexity index is 474. The van der Waals surface area contributed by atoms with Gasteiger partial charge in [-0.05, 0) is 18.6 Å². The number of rotatable bonds is 34. The zero-order valence-electron chi connectivity index (χ0n) is 26.3. The van der Waals surface area contributed by atoms with Gasteiger partial charge in [-0.3, -0.25) is 4.79 Å². The summed E-state index contributed by atoms with van der Waals surface area (Å²) in [7, 11) is 0. The highest BCUT2D eigenvalue weighted by Crippen LogP contribution is 2.17. The lowest BCUT2D eigenvalue weighted by Gasteiger charge is -2.06. The van der Waals surface area contributed by atoms with E-state index in [4.69, 9.17) is 5.73 Å². The molecule has 0 spiro atoms. The molecule has 0 aromatic carbocycles. The van der Waals surface area contributed by atoms with E-state index in [1.165, 1.54) is 186 Å². The molecule has 1 atom stereocenters. The first-order valence-corrected chi connectivity index (χ1v) is 18.4. The number of aliphatic hydroxyl groups is 1. The van der Waals surface area contributed by atoms with Crippen molar-refractivity contribution in [1.29, 1.82) is 0 Å². The molecular formula is C35H71NO2S. The minimum atomic E-state index is -0.947. The van der Waals surface area contributed by atoms with Crippen LogP contribution in [0, 0.1) is 0 Å². The Kier molecular flexibility index (Phi) is 33.8. The molecule has 0 fully saturated rings.